The molecule has 0 heterocycles. The summed E-state index contributed by atoms with van der Waals surface area (Å²) in [5, 5.41) is 1.03. The summed E-state index contributed by atoms with van der Waals surface area (Å²) in [7, 11) is 0. The number of thioether (sulfide) groups is 2. The summed E-state index contributed by atoms with van der Waals surface area (Å²) in [6, 6.07) is 0. The van der Waals surface area contributed by atoms with E-state index in [0.29, 0.717) is 10.5 Å². The van der Waals surface area contributed by atoms with Gasteiger partial charge in [0, 0.05) is 23.6 Å². The number of nitrogens with two attached hydrogens (primary N) is 2. The maximum Gasteiger partial charge on any atom is 0.0617 e. The molecule has 0 spiro atoms. The molecule has 4 heteroatoms. The molecule has 0 rings (SSSR count). The van der Waals surface area contributed by atoms with Crippen LogP contribution >= 0.6 is 23.5 Å². The molecule has 0 bridgehead atoms. The van der Waals surface area contributed by atoms with Gasteiger partial charge in [-0.05, 0) is 37.5 Å². The van der Waals surface area contributed by atoms with Crippen LogP contribution in [-0.4, -0.2) is 27.7 Å². The monoisotopic (exact) mass is 334 g/mol. The van der Waals surface area contributed by atoms with Crippen LogP contribution in [0.25, 0.3) is 0 Å². The van der Waals surface area contributed by atoms with Gasteiger partial charge in [0.2, 0.25) is 0 Å². The van der Waals surface area contributed by atoms with E-state index in [1.54, 1.807) is 0 Å². The summed E-state index contributed by atoms with van der Waals surface area (Å²) in [4.78, 5) is 0. The van der Waals surface area contributed by atoms with Crippen molar-refractivity contribution in [3.05, 3.63) is 0 Å². The van der Waals surface area contributed by atoms with Gasteiger partial charge in [-0.25, -0.2) is 0 Å². The second kappa shape index (κ2) is 11.2. The zero-order valence-electron chi connectivity index (χ0n) is 15.0. The van der Waals surface area contributed by atoms with Gasteiger partial charge in [-0.1, -0.05) is 41.5 Å². The van der Waals surface area contributed by atoms with E-state index in [1.807, 2.05) is 0 Å². The van der Waals surface area contributed by atoms with Gasteiger partial charge in [0.05, 0.1) is 4.08 Å². The van der Waals surface area contributed by atoms with Crippen molar-refractivity contribution in [1.82, 2.24) is 0 Å². The van der Waals surface area contributed by atoms with E-state index in [9.17, 15) is 0 Å². The molecule has 0 fully saturated rings. The first-order chi connectivity index (χ1) is 9.74. The van der Waals surface area contributed by atoms with Crippen molar-refractivity contribution in [2.24, 2.45) is 23.3 Å². The van der Waals surface area contributed by atoms with E-state index < -0.39 is 0 Å². The predicted octanol–water partition coefficient (Wildman–Crippen LogP) is 4.72. The fourth-order valence-electron chi connectivity index (χ4n) is 2.24. The first kappa shape index (κ1) is 21.6. The zero-order valence-corrected chi connectivity index (χ0v) is 16.7. The van der Waals surface area contributed by atoms with Gasteiger partial charge in [-0.3, -0.25) is 0 Å². The highest BCUT2D eigenvalue weighted by atomic mass is 32.2. The van der Waals surface area contributed by atoms with Gasteiger partial charge in [-0.2, -0.15) is 0 Å². The van der Waals surface area contributed by atoms with Gasteiger partial charge >= 0.3 is 0 Å². The normalized spacial score (nSPS) is 15.7. The smallest absolute Gasteiger partial charge is 0.0617 e. The molecule has 0 saturated carbocycles. The molecular weight excluding hydrogens is 296 g/mol. The Labute approximate surface area is 142 Å². The summed E-state index contributed by atoms with van der Waals surface area (Å²) >= 11 is 4.20. The van der Waals surface area contributed by atoms with Crippen LogP contribution in [0.15, 0.2) is 0 Å². The van der Waals surface area contributed by atoms with E-state index in [-0.39, 0.29) is 4.08 Å². The molecule has 0 aromatic carbocycles. The van der Waals surface area contributed by atoms with Crippen LogP contribution in [0.1, 0.15) is 67.2 Å². The van der Waals surface area contributed by atoms with Crippen LogP contribution in [0.5, 0.6) is 0 Å². The Morgan fingerprint density at radius 3 is 1.29 bits per heavy atom. The van der Waals surface area contributed by atoms with Crippen LogP contribution < -0.4 is 11.5 Å². The molecule has 0 radical (unpaired) electrons. The number of rotatable bonds is 12. The minimum atomic E-state index is 0.284. The highest BCUT2D eigenvalue weighted by molar-refractivity contribution is 8.18. The van der Waals surface area contributed by atoms with Crippen molar-refractivity contribution in [2.75, 3.05) is 13.1 Å². The third kappa shape index (κ3) is 10.1. The first-order valence-corrected chi connectivity index (χ1v) is 10.3. The first-order valence-electron chi connectivity index (χ1n) is 8.50. The average Bonchev–Trinajstić information content (AvgIpc) is 2.42. The van der Waals surface area contributed by atoms with Gasteiger partial charge in [0.1, 0.15) is 0 Å². The average molecular weight is 335 g/mol. The van der Waals surface area contributed by atoms with Crippen molar-refractivity contribution < 1.29 is 0 Å². The largest absolute Gasteiger partial charge is 0.329 e. The lowest BCUT2D eigenvalue weighted by atomic mass is 10.00. The highest BCUT2D eigenvalue weighted by Crippen LogP contribution is 2.49. The number of hydrogen-bond donors (Lipinski definition) is 2. The third-order valence-corrected chi connectivity index (χ3v) is 7.14. The zero-order chi connectivity index (χ0) is 16.5. The molecule has 2 unspecified atom stereocenters. The summed E-state index contributed by atoms with van der Waals surface area (Å²) in [6.45, 7) is 15.3. The predicted molar refractivity (Wildman–Crippen MR) is 103 cm³/mol. The van der Waals surface area contributed by atoms with Crippen LogP contribution in [0.3, 0.4) is 0 Å². The van der Waals surface area contributed by atoms with Crippen molar-refractivity contribution in [1.29, 1.82) is 0 Å². The van der Waals surface area contributed by atoms with Crippen molar-refractivity contribution in [3.63, 3.8) is 0 Å². The summed E-state index contributed by atoms with van der Waals surface area (Å²) < 4.78 is 0.284. The van der Waals surface area contributed by atoms with Crippen molar-refractivity contribution >= 4 is 23.5 Å². The van der Waals surface area contributed by atoms with Gasteiger partial charge in [0.25, 0.3) is 0 Å². The molecule has 0 saturated heterocycles. The lowest BCUT2D eigenvalue weighted by Crippen LogP contribution is -2.31. The Hall–Kier alpha value is 0.620. The highest BCUT2D eigenvalue weighted by Gasteiger charge is 2.34. The van der Waals surface area contributed by atoms with E-state index in [2.05, 4.69) is 65.1 Å². The minimum Gasteiger partial charge on any atom is -0.329 e. The quantitative estimate of drug-likeness (QED) is 0.507. The molecule has 0 aliphatic heterocycles. The fourth-order valence-corrected chi connectivity index (χ4v) is 6.04. The Balaban J connectivity index is 5.04. The lowest BCUT2D eigenvalue weighted by molar-refractivity contribution is 0.475. The Morgan fingerprint density at radius 1 is 0.714 bits per heavy atom. The molecule has 21 heavy (non-hydrogen) atoms. The molecule has 2 nitrogen and oxygen atoms in total. The second-order valence-corrected chi connectivity index (χ2v) is 11.0. The Kier molecular flexibility index (Phi) is 11.5. The van der Waals surface area contributed by atoms with Crippen LogP contribution in [0.4, 0.5) is 0 Å². The fraction of sp³-hybridized carbons (Fsp3) is 1.00. The summed E-state index contributed by atoms with van der Waals surface area (Å²) in [5.74, 6) is 1.51. The van der Waals surface area contributed by atoms with E-state index >= 15 is 0 Å². The molecule has 0 aromatic rings. The Bertz CT molecular complexity index is 231. The SMILES string of the molecule is CC(C)CCC(CCC(C)C)(SC(C)CN)SC(C)CN. The van der Waals surface area contributed by atoms with Crippen molar-refractivity contribution in [2.45, 2.75) is 81.8 Å². The molecular formula is C17H38N2S2. The topological polar surface area (TPSA) is 52.0 Å². The van der Waals surface area contributed by atoms with E-state index in [0.717, 1.165) is 24.9 Å². The molecule has 0 aliphatic rings. The molecule has 2 atom stereocenters. The van der Waals surface area contributed by atoms with Gasteiger partial charge in [-0.15, -0.1) is 23.5 Å². The molecule has 0 amide bonds. The van der Waals surface area contributed by atoms with E-state index in [1.165, 1.54) is 25.7 Å². The standard InChI is InChI=1S/C17H38N2S2/c1-13(2)7-9-17(10-8-14(3)4,20-15(5)11-18)21-16(6)12-19/h13-16H,7-12,18-19H2,1-6H3. The molecule has 4 N–H and O–H groups in total. The summed E-state index contributed by atoms with van der Waals surface area (Å²) in [6.07, 6.45) is 5.10. The second-order valence-electron chi connectivity index (χ2n) is 7.10. The molecule has 128 valence electrons. The van der Waals surface area contributed by atoms with E-state index in [4.69, 9.17) is 11.5 Å². The maximum absolute atomic E-state index is 5.90. The molecule has 0 aliphatic carbocycles. The molecule has 0 aromatic heterocycles. The van der Waals surface area contributed by atoms with Crippen LogP contribution in [0, 0.1) is 11.8 Å². The van der Waals surface area contributed by atoms with Crippen LogP contribution in [-0.2, 0) is 0 Å². The minimum absolute atomic E-state index is 0.284. The number of hydrogen-bond acceptors (Lipinski definition) is 4. The lowest BCUT2D eigenvalue weighted by Gasteiger charge is -2.38. The van der Waals surface area contributed by atoms with Crippen LogP contribution in [0.2, 0.25) is 0 Å². The van der Waals surface area contributed by atoms with Crippen molar-refractivity contribution in [3.8, 4) is 0 Å². The maximum atomic E-state index is 5.90. The van der Waals surface area contributed by atoms with Gasteiger partial charge < -0.3 is 11.5 Å². The summed E-state index contributed by atoms with van der Waals surface area (Å²) in [5.41, 5.74) is 11.8. The van der Waals surface area contributed by atoms with Gasteiger partial charge in [0.15, 0.2) is 0 Å². The third-order valence-electron chi connectivity index (χ3n) is 3.70. The Morgan fingerprint density at radius 2 is 1.05 bits per heavy atom.